The summed E-state index contributed by atoms with van der Waals surface area (Å²) in [5.41, 5.74) is 0. The normalized spacial score (nSPS) is 30.7. The van der Waals surface area contributed by atoms with Crippen molar-refractivity contribution in [3.05, 3.63) is 0 Å². The van der Waals surface area contributed by atoms with Gasteiger partial charge in [0, 0.05) is 0 Å². The van der Waals surface area contributed by atoms with Gasteiger partial charge in [-0.2, -0.15) is 0 Å². The van der Waals surface area contributed by atoms with Gasteiger partial charge in [0.15, 0.2) is 5.78 Å². The number of Topliss-reactive ketones (excluding diaryl/α,β-unsaturated/α-hetero) is 1. The summed E-state index contributed by atoms with van der Waals surface area (Å²) in [5, 5.41) is 0. The van der Waals surface area contributed by atoms with Gasteiger partial charge in [0.1, 0.15) is 12.5 Å². The molecule has 1 fully saturated rings. The first-order valence-electron chi connectivity index (χ1n) is 4.24. The molecule has 0 aliphatic carbocycles. The molecule has 3 heteroatoms. The van der Waals surface area contributed by atoms with Crippen molar-refractivity contribution in [2.45, 2.75) is 33.3 Å². The van der Waals surface area contributed by atoms with E-state index in [0.717, 1.165) is 0 Å². The molecule has 0 bridgehead atoms. The Hall–Kier alpha value is -0.860. The second kappa shape index (κ2) is 3.25. The van der Waals surface area contributed by atoms with Crippen molar-refractivity contribution >= 4 is 11.8 Å². The van der Waals surface area contributed by atoms with E-state index in [-0.39, 0.29) is 36.1 Å². The molecule has 0 spiro atoms. The Balaban J connectivity index is 2.73. The van der Waals surface area contributed by atoms with Gasteiger partial charge < -0.3 is 4.74 Å². The van der Waals surface area contributed by atoms with Gasteiger partial charge in [-0.25, -0.2) is 0 Å². The molecule has 68 valence electrons. The van der Waals surface area contributed by atoms with Crippen LogP contribution < -0.4 is 0 Å². The molecule has 0 aromatic heterocycles. The number of esters is 1. The summed E-state index contributed by atoms with van der Waals surface area (Å²) in [6, 6.07) is 0. The number of hydrogen-bond acceptors (Lipinski definition) is 3. The summed E-state index contributed by atoms with van der Waals surface area (Å²) >= 11 is 0. The predicted molar refractivity (Wildman–Crippen MR) is 43.5 cm³/mol. The second-order valence-corrected chi connectivity index (χ2v) is 3.63. The van der Waals surface area contributed by atoms with Crippen molar-refractivity contribution < 1.29 is 14.3 Å². The second-order valence-electron chi connectivity index (χ2n) is 3.63. The largest absolute Gasteiger partial charge is 0.461 e. The molecular formula is C9H14O3. The molecule has 0 amide bonds. The Morgan fingerprint density at radius 2 is 2.00 bits per heavy atom. The highest BCUT2D eigenvalue weighted by molar-refractivity contribution is 5.98. The topological polar surface area (TPSA) is 43.4 Å². The molecule has 0 unspecified atom stereocenters. The van der Waals surface area contributed by atoms with Crippen LogP contribution in [0, 0.1) is 11.8 Å². The minimum absolute atomic E-state index is 0.00458. The molecule has 1 aliphatic heterocycles. The summed E-state index contributed by atoms with van der Waals surface area (Å²) in [6.07, 6.45) is -0.275. The average molecular weight is 170 g/mol. The quantitative estimate of drug-likeness (QED) is 0.438. The number of carbonyl (C=O) groups excluding carboxylic acids is 2. The van der Waals surface area contributed by atoms with Crippen molar-refractivity contribution in [1.29, 1.82) is 0 Å². The third-order valence-electron chi connectivity index (χ3n) is 2.24. The zero-order valence-electron chi connectivity index (χ0n) is 7.66. The number of hydrogen-bond donors (Lipinski definition) is 0. The minimum atomic E-state index is -0.378. The van der Waals surface area contributed by atoms with Crippen LogP contribution in [0.25, 0.3) is 0 Å². The van der Waals surface area contributed by atoms with Crippen molar-refractivity contribution in [3.63, 3.8) is 0 Å². The van der Waals surface area contributed by atoms with E-state index < -0.39 is 0 Å². The Morgan fingerprint density at radius 3 is 2.50 bits per heavy atom. The molecular weight excluding hydrogens is 156 g/mol. The number of carbonyl (C=O) groups is 2. The van der Waals surface area contributed by atoms with Gasteiger partial charge in [0.2, 0.25) is 0 Å². The molecule has 1 heterocycles. The van der Waals surface area contributed by atoms with Crippen molar-refractivity contribution in [3.8, 4) is 0 Å². The van der Waals surface area contributed by atoms with E-state index in [1.807, 2.05) is 20.8 Å². The van der Waals surface area contributed by atoms with Crippen LogP contribution in [0.2, 0.25) is 0 Å². The first kappa shape index (κ1) is 9.23. The van der Waals surface area contributed by atoms with E-state index >= 15 is 0 Å². The van der Waals surface area contributed by atoms with E-state index in [9.17, 15) is 9.59 Å². The lowest BCUT2D eigenvalue weighted by molar-refractivity contribution is -0.165. The molecule has 2 atom stereocenters. The molecule has 1 aliphatic rings. The van der Waals surface area contributed by atoms with Crippen LogP contribution in [0.5, 0.6) is 0 Å². The summed E-state index contributed by atoms with van der Waals surface area (Å²) < 4.78 is 5.07. The molecule has 1 rings (SSSR count). The number of ether oxygens (including phenoxy) is 1. The molecule has 12 heavy (non-hydrogen) atoms. The lowest BCUT2D eigenvalue weighted by atomic mass is 9.88. The van der Waals surface area contributed by atoms with Crippen LogP contribution in [-0.2, 0) is 14.3 Å². The highest BCUT2D eigenvalue weighted by Gasteiger charge is 2.35. The standard InChI is InChI=1S/C9H14O3/c1-5(2)9-6(3)7(10)4-8(11)12-9/h5-6,9H,4H2,1-3H3/t6-,9-/m1/s1. The van der Waals surface area contributed by atoms with Crippen molar-refractivity contribution in [2.75, 3.05) is 0 Å². The van der Waals surface area contributed by atoms with Gasteiger partial charge in [-0.3, -0.25) is 9.59 Å². The van der Waals surface area contributed by atoms with Crippen LogP contribution in [-0.4, -0.2) is 17.9 Å². The maximum absolute atomic E-state index is 11.2. The summed E-state index contributed by atoms with van der Waals surface area (Å²) in [7, 11) is 0. The number of cyclic esters (lactones) is 1. The monoisotopic (exact) mass is 170 g/mol. The SMILES string of the molecule is CC(C)[C@H]1OC(=O)CC(=O)[C@H]1C. The van der Waals surface area contributed by atoms with Gasteiger partial charge in [-0.15, -0.1) is 0 Å². The van der Waals surface area contributed by atoms with Gasteiger partial charge in [0.25, 0.3) is 0 Å². The first-order chi connectivity index (χ1) is 5.52. The minimum Gasteiger partial charge on any atom is -0.461 e. The van der Waals surface area contributed by atoms with Gasteiger partial charge in [-0.05, 0) is 5.92 Å². The van der Waals surface area contributed by atoms with E-state index in [2.05, 4.69) is 0 Å². The number of rotatable bonds is 1. The van der Waals surface area contributed by atoms with E-state index in [0.29, 0.717) is 0 Å². The van der Waals surface area contributed by atoms with E-state index in [1.54, 1.807) is 0 Å². The number of ketones is 1. The highest BCUT2D eigenvalue weighted by atomic mass is 16.5. The first-order valence-corrected chi connectivity index (χ1v) is 4.24. The fraction of sp³-hybridized carbons (Fsp3) is 0.778. The lowest BCUT2D eigenvalue weighted by Gasteiger charge is -2.30. The molecule has 0 saturated carbocycles. The third-order valence-corrected chi connectivity index (χ3v) is 2.24. The van der Waals surface area contributed by atoms with Crippen LogP contribution in [0.1, 0.15) is 27.2 Å². The summed E-state index contributed by atoms with van der Waals surface area (Å²) in [5.74, 6) is -0.294. The van der Waals surface area contributed by atoms with Crippen LogP contribution in [0.3, 0.4) is 0 Å². The van der Waals surface area contributed by atoms with Gasteiger partial charge in [0.05, 0.1) is 5.92 Å². The molecule has 0 radical (unpaired) electrons. The van der Waals surface area contributed by atoms with Crippen LogP contribution in [0.15, 0.2) is 0 Å². The predicted octanol–water partition coefficient (Wildman–Crippen LogP) is 1.16. The maximum Gasteiger partial charge on any atom is 0.313 e. The molecule has 1 saturated heterocycles. The van der Waals surface area contributed by atoms with Crippen LogP contribution in [0.4, 0.5) is 0 Å². The fourth-order valence-corrected chi connectivity index (χ4v) is 1.50. The Kier molecular flexibility index (Phi) is 2.50. The molecule has 0 aromatic rings. The van der Waals surface area contributed by atoms with Crippen molar-refractivity contribution in [2.24, 2.45) is 11.8 Å². The summed E-state index contributed by atoms with van der Waals surface area (Å²) in [4.78, 5) is 22.1. The zero-order valence-corrected chi connectivity index (χ0v) is 7.66. The van der Waals surface area contributed by atoms with Gasteiger partial charge in [-0.1, -0.05) is 20.8 Å². The smallest absolute Gasteiger partial charge is 0.313 e. The Bertz CT molecular complexity index is 208. The van der Waals surface area contributed by atoms with Crippen LogP contribution >= 0.6 is 0 Å². The van der Waals surface area contributed by atoms with E-state index in [1.165, 1.54) is 0 Å². The Labute approximate surface area is 72.1 Å². The molecule has 3 nitrogen and oxygen atoms in total. The van der Waals surface area contributed by atoms with E-state index in [4.69, 9.17) is 4.74 Å². The zero-order chi connectivity index (χ0) is 9.30. The maximum atomic E-state index is 11.2. The molecule has 0 aromatic carbocycles. The van der Waals surface area contributed by atoms with Crippen molar-refractivity contribution in [1.82, 2.24) is 0 Å². The van der Waals surface area contributed by atoms with Gasteiger partial charge >= 0.3 is 5.97 Å². The lowest BCUT2D eigenvalue weighted by Crippen LogP contribution is -2.40. The Morgan fingerprint density at radius 1 is 1.42 bits per heavy atom. The third kappa shape index (κ3) is 1.65. The molecule has 0 N–H and O–H groups in total. The highest BCUT2D eigenvalue weighted by Crippen LogP contribution is 2.23. The fourth-order valence-electron chi connectivity index (χ4n) is 1.50. The average Bonchev–Trinajstić information content (AvgIpc) is 1.96. The summed E-state index contributed by atoms with van der Waals surface area (Å²) in [6.45, 7) is 5.72.